The summed E-state index contributed by atoms with van der Waals surface area (Å²) in [5.74, 6) is -0.429. The van der Waals surface area contributed by atoms with Crippen LogP contribution in [-0.2, 0) is 23.8 Å². The zero-order chi connectivity index (χ0) is 37.8. The zero-order valence-corrected chi connectivity index (χ0v) is 34.3. The van der Waals surface area contributed by atoms with Crippen LogP contribution in [0.5, 0.6) is 0 Å². The van der Waals surface area contributed by atoms with E-state index in [0.29, 0.717) is 19.4 Å². The third-order valence-electron chi connectivity index (χ3n) is 9.02. The number of hydrogen-bond acceptors (Lipinski definition) is 5. The van der Waals surface area contributed by atoms with Gasteiger partial charge in [-0.1, -0.05) is 171 Å². The summed E-state index contributed by atoms with van der Waals surface area (Å²) in [7, 11) is 0. The number of carbonyl (C=O) groups excluding carboxylic acids is 2. The van der Waals surface area contributed by atoms with Gasteiger partial charge in [0.25, 0.3) is 0 Å². The van der Waals surface area contributed by atoms with Crippen LogP contribution in [0.15, 0.2) is 60.8 Å². The standard InChI is InChI=1S/C47H82O5/c1-4-7-10-13-16-18-20-22-23-24-26-28-30-33-36-39-42-50-43-45(52-47(49)41-38-35-31-15-12-9-6-3)44-51-46(48)40-37-34-32-29-27-25-21-19-17-14-11-8-5-2/h7,10-11,14,16,18-19,21-23,45H,4-6,8-9,12-13,15,17,20,24-44H2,1-3H3/b10-7-,14-11-,18-16-,21-19-,23-22-. The average molecular weight is 727 g/mol. The number of hydrogen-bond donors (Lipinski definition) is 0. The van der Waals surface area contributed by atoms with Crippen LogP contribution in [0.3, 0.4) is 0 Å². The van der Waals surface area contributed by atoms with Crippen LogP contribution in [0, 0.1) is 0 Å². The minimum atomic E-state index is -0.544. The van der Waals surface area contributed by atoms with E-state index in [-0.39, 0.29) is 25.2 Å². The average Bonchev–Trinajstić information content (AvgIpc) is 3.14. The molecule has 5 nitrogen and oxygen atoms in total. The van der Waals surface area contributed by atoms with Gasteiger partial charge in [0.15, 0.2) is 6.10 Å². The van der Waals surface area contributed by atoms with Gasteiger partial charge in [-0.2, -0.15) is 0 Å². The van der Waals surface area contributed by atoms with Gasteiger partial charge >= 0.3 is 11.9 Å². The normalized spacial score (nSPS) is 12.8. The fraction of sp³-hybridized carbons (Fsp3) is 0.745. The minimum Gasteiger partial charge on any atom is -0.462 e. The molecule has 0 fully saturated rings. The van der Waals surface area contributed by atoms with Crippen molar-refractivity contribution in [3.05, 3.63) is 60.8 Å². The van der Waals surface area contributed by atoms with Gasteiger partial charge in [-0.05, 0) is 77.0 Å². The molecule has 0 aromatic carbocycles. The Bertz CT molecular complexity index is 915. The molecular formula is C47H82O5. The Morgan fingerprint density at radius 1 is 0.442 bits per heavy atom. The highest BCUT2D eigenvalue weighted by Gasteiger charge is 2.17. The van der Waals surface area contributed by atoms with Gasteiger partial charge in [-0.3, -0.25) is 9.59 Å². The fourth-order valence-electron chi connectivity index (χ4n) is 5.80. The number of carbonyl (C=O) groups is 2. The number of esters is 2. The predicted molar refractivity (Wildman–Crippen MR) is 224 cm³/mol. The quantitative estimate of drug-likeness (QED) is 0.0358. The highest BCUT2D eigenvalue weighted by Crippen LogP contribution is 2.12. The van der Waals surface area contributed by atoms with Crippen LogP contribution in [-0.4, -0.2) is 37.9 Å². The van der Waals surface area contributed by atoms with Crippen molar-refractivity contribution in [3.8, 4) is 0 Å². The van der Waals surface area contributed by atoms with E-state index in [1.165, 1.54) is 77.0 Å². The molecule has 0 bridgehead atoms. The van der Waals surface area contributed by atoms with Crippen molar-refractivity contribution in [1.29, 1.82) is 0 Å². The first-order chi connectivity index (χ1) is 25.6. The van der Waals surface area contributed by atoms with Gasteiger partial charge in [-0.25, -0.2) is 0 Å². The molecule has 0 saturated carbocycles. The largest absolute Gasteiger partial charge is 0.462 e. The first kappa shape index (κ1) is 49.6. The van der Waals surface area contributed by atoms with Crippen molar-refractivity contribution in [1.82, 2.24) is 0 Å². The molecule has 0 rings (SSSR count). The molecule has 0 spiro atoms. The Morgan fingerprint density at radius 3 is 1.46 bits per heavy atom. The molecule has 0 amide bonds. The van der Waals surface area contributed by atoms with E-state index in [2.05, 4.69) is 81.5 Å². The van der Waals surface area contributed by atoms with Crippen molar-refractivity contribution >= 4 is 11.9 Å². The maximum Gasteiger partial charge on any atom is 0.306 e. The molecule has 0 saturated heterocycles. The molecule has 0 aromatic rings. The van der Waals surface area contributed by atoms with Crippen molar-refractivity contribution in [2.24, 2.45) is 0 Å². The van der Waals surface area contributed by atoms with Gasteiger partial charge in [0, 0.05) is 19.4 Å². The van der Waals surface area contributed by atoms with Gasteiger partial charge in [0.1, 0.15) is 6.61 Å². The van der Waals surface area contributed by atoms with Crippen molar-refractivity contribution < 1.29 is 23.8 Å². The molecule has 0 heterocycles. The van der Waals surface area contributed by atoms with E-state index in [0.717, 1.165) is 89.9 Å². The number of allylic oxidation sites excluding steroid dienone is 10. The monoisotopic (exact) mass is 727 g/mol. The van der Waals surface area contributed by atoms with Crippen molar-refractivity contribution in [2.75, 3.05) is 19.8 Å². The second-order valence-electron chi connectivity index (χ2n) is 14.2. The first-order valence-corrected chi connectivity index (χ1v) is 21.8. The van der Waals surface area contributed by atoms with E-state index in [9.17, 15) is 9.59 Å². The maximum absolute atomic E-state index is 12.6. The van der Waals surface area contributed by atoms with Crippen LogP contribution >= 0.6 is 0 Å². The summed E-state index contributed by atoms with van der Waals surface area (Å²) < 4.78 is 17.2. The van der Waals surface area contributed by atoms with Crippen LogP contribution in [0.4, 0.5) is 0 Å². The van der Waals surface area contributed by atoms with Crippen molar-refractivity contribution in [2.45, 2.75) is 207 Å². The van der Waals surface area contributed by atoms with E-state index in [4.69, 9.17) is 14.2 Å². The number of ether oxygens (including phenoxy) is 3. The molecular weight excluding hydrogens is 645 g/mol. The molecule has 0 N–H and O–H groups in total. The minimum absolute atomic E-state index is 0.0720. The Balaban J connectivity index is 4.21. The Labute approximate surface area is 322 Å². The van der Waals surface area contributed by atoms with Gasteiger partial charge in [0.05, 0.1) is 6.61 Å². The molecule has 0 aliphatic heterocycles. The topological polar surface area (TPSA) is 61.8 Å². The third kappa shape index (κ3) is 40.4. The number of unbranched alkanes of at least 4 members (excludes halogenated alkanes) is 18. The summed E-state index contributed by atoms with van der Waals surface area (Å²) in [4.78, 5) is 25.1. The second-order valence-corrected chi connectivity index (χ2v) is 14.2. The lowest BCUT2D eigenvalue weighted by Crippen LogP contribution is -2.30. The zero-order valence-electron chi connectivity index (χ0n) is 34.3. The van der Waals surface area contributed by atoms with Gasteiger partial charge in [-0.15, -0.1) is 0 Å². The van der Waals surface area contributed by atoms with E-state index >= 15 is 0 Å². The lowest BCUT2D eigenvalue weighted by atomic mass is 10.1. The van der Waals surface area contributed by atoms with Crippen LogP contribution < -0.4 is 0 Å². The molecule has 0 radical (unpaired) electrons. The molecule has 300 valence electrons. The first-order valence-electron chi connectivity index (χ1n) is 21.8. The van der Waals surface area contributed by atoms with E-state index in [1.807, 2.05) is 0 Å². The lowest BCUT2D eigenvalue weighted by molar-refractivity contribution is -0.163. The summed E-state index contributed by atoms with van der Waals surface area (Å²) in [6.45, 7) is 7.57. The van der Waals surface area contributed by atoms with Crippen LogP contribution in [0.25, 0.3) is 0 Å². The highest BCUT2D eigenvalue weighted by atomic mass is 16.6. The van der Waals surface area contributed by atoms with E-state index < -0.39 is 6.10 Å². The van der Waals surface area contributed by atoms with Crippen LogP contribution in [0.1, 0.15) is 201 Å². The molecule has 1 atom stereocenters. The van der Waals surface area contributed by atoms with Crippen LogP contribution in [0.2, 0.25) is 0 Å². The highest BCUT2D eigenvalue weighted by molar-refractivity contribution is 5.70. The fourth-order valence-corrected chi connectivity index (χ4v) is 5.80. The smallest absolute Gasteiger partial charge is 0.306 e. The maximum atomic E-state index is 12.6. The summed E-state index contributed by atoms with van der Waals surface area (Å²) in [5.41, 5.74) is 0. The lowest BCUT2D eigenvalue weighted by Gasteiger charge is -2.18. The summed E-state index contributed by atoms with van der Waals surface area (Å²) in [6.07, 6.45) is 52.2. The number of rotatable bonds is 39. The van der Waals surface area contributed by atoms with E-state index in [1.54, 1.807) is 0 Å². The summed E-state index contributed by atoms with van der Waals surface area (Å²) >= 11 is 0. The second kappa shape index (κ2) is 43.0. The third-order valence-corrected chi connectivity index (χ3v) is 9.02. The summed E-state index contributed by atoms with van der Waals surface area (Å²) in [5, 5.41) is 0. The molecule has 0 aromatic heterocycles. The molecule has 0 aliphatic carbocycles. The molecule has 1 unspecified atom stereocenters. The summed E-state index contributed by atoms with van der Waals surface area (Å²) in [6, 6.07) is 0. The Morgan fingerprint density at radius 2 is 0.904 bits per heavy atom. The molecule has 5 heteroatoms. The van der Waals surface area contributed by atoms with Gasteiger partial charge in [0.2, 0.25) is 0 Å². The Kier molecular flexibility index (Phi) is 41.0. The predicted octanol–water partition coefficient (Wildman–Crippen LogP) is 14.2. The molecule has 52 heavy (non-hydrogen) atoms. The SMILES string of the molecule is CC/C=C\C/C=C\C/C=C\CCCCCCCCOCC(COC(=O)CCCCCCC/C=C\C/C=C\CCC)OC(=O)CCCCCCCCC. The van der Waals surface area contributed by atoms with Gasteiger partial charge < -0.3 is 14.2 Å². The molecule has 0 aliphatic rings. The Hall–Kier alpha value is -2.40. The van der Waals surface area contributed by atoms with Crippen molar-refractivity contribution in [3.63, 3.8) is 0 Å².